The van der Waals surface area contributed by atoms with E-state index in [1.165, 1.54) is 23.9 Å². The molecule has 1 fully saturated rings. The standard InChI is InChI=1S/C21H24F3N3O4S3.C5H13N/c22-21(23,24)33(29)19-13-17(34(25)30)6-7-18(19)26-15(14-32-16-4-2-1-3-5-16)12-20(28)27-8-10-31-11-9-27;1-4-6(3)5-2/h1-7,13,15,26H,8-12,14,25H2;4-5H2,1-3H3. The van der Waals surface area contributed by atoms with Gasteiger partial charge in [-0.25, -0.2) is 13.6 Å². The predicted molar refractivity (Wildman–Crippen MR) is 155 cm³/mol. The Kier molecular flexibility index (Phi) is 14.6. The van der Waals surface area contributed by atoms with Gasteiger partial charge >= 0.3 is 5.51 Å². The van der Waals surface area contributed by atoms with Gasteiger partial charge in [-0.05, 0) is 50.5 Å². The number of anilines is 1. The molecule has 3 unspecified atom stereocenters. The third-order valence-electron chi connectivity index (χ3n) is 6.01. The molecule has 224 valence electrons. The van der Waals surface area contributed by atoms with E-state index in [0.29, 0.717) is 32.1 Å². The van der Waals surface area contributed by atoms with E-state index in [1.54, 1.807) is 4.90 Å². The summed E-state index contributed by atoms with van der Waals surface area (Å²) < 4.78 is 69.0. The summed E-state index contributed by atoms with van der Waals surface area (Å²) >= 11 is 1.44. The van der Waals surface area contributed by atoms with E-state index in [1.807, 2.05) is 30.3 Å². The van der Waals surface area contributed by atoms with Gasteiger partial charge in [-0.3, -0.25) is 4.79 Å². The molecule has 0 spiro atoms. The van der Waals surface area contributed by atoms with Crippen LogP contribution in [0.2, 0.25) is 0 Å². The van der Waals surface area contributed by atoms with Crippen LogP contribution in [0, 0.1) is 0 Å². The van der Waals surface area contributed by atoms with Crippen LogP contribution in [-0.2, 0) is 31.3 Å². The maximum absolute atomic E-state index is 13.3. The number of amides is 1. The van der Waals surface area contributed by atoms with Crippen molar-refractivity contribution in [2.75, 3.05) is 57.5 Å². The van der Waals surface area contributed by atoms with Crippen molar-refractivity contribution in [2.45, 2.75) is 46.5 Å². The van der Waals surface area contributed by atoms with E-state index in [-0.39, 0.29) is 22.9 Å². The molecular weight excluding hydrogens is 586 g/mol. The molecule has 3 atom stereocenters. The van der Waals surface area contributed by atoms with Crippen molar-refractivity contribution in [1.82, 2.24) is 9.80 Å². The highest BCUT2D eigenvalue weighted by atomic mass is 32.2. The Morgan fingerprint density at radius 1 is 1.12 bits per heavy atom. The normalized spacial score (nSPS) is 16.1. The van der Waals surface area contributed by atoms with Crippen molar-refractivity contribution in [3.05, 3.63) is 48.5 Å². The molecule has 3 N–H and O–H groups in total. The highest BCUT2D eigenvalue weighted by molar-refractivity contribution is 7.99. The van der Waals surface area contributed by atoms with Crippen LogP contribution in [-0.4, -0.2) is 87.9 Å². The summed E-state index contributed by atoms with van der Waals surface area (Å²) in [6, 6.07) is 12.3. The van der Waals surface area contributed by atoms with Crippen molar-refractivity contribution in [3.63, 3.8) is 0 Å². The number of nitrogens with two attached hydrogens (primary N) is 1. The number of morpholine rings is 1. The first kappa shape index (κ1) is 34.2. The van der Waals surface area contributed by atoms with Gasteiger partial charge in [-0.1, -0.05) is 32.0 Å². The fraction of sp³-hybridized carbons (Fsp3) is 0.500. The number of benzene rings is 2. The van der Waals surface area contributed by atoms with Crippen LogP contribution in [0.1, 0.15) is 20.3 Å². The summed E-state index contributed by atoms with van der Waals surface area (Å²) in [5, 5.41) is 8.29. The zero-order chi connectivity index (χ0) is 29.7. The topological polar surface area (TPSA) is 105 Å². The van der Waals surface area contributed by atoms with Gasteiger partial charge in [-0.2, -0.15) is 13.2 Å². The minimum absolute atomic E-state index is 0.0164. The molecule has 1 saturated heterocycles. The van der Waals surface area contributed by atoms with Crippen LogP contribution in [0.4, 0.5) is 18.9 Å². The highest BCUT2D eigenvalue weighted by Gasteiger charge is 2.39. The second-order valence-corrected chi connectivity index (χ2v) is 12.4. The first-order valence-electron chi connectivity index (χ1n) is 12.7. The quantitative estimate of drug-likeness (QED) is 0.364. The molecule has 0 saturated carbocycles. The van der Waals surface area contributed by atoms with E-state index in [9.17, 15) is 26.4 Å². The van der Waals surface area contributed by atoms with Crippen LogP contribution in [0.3, 0.4) is 0 Å². The Balaban J connectivity index is 0.000000840. The summed E-state index contributed by atoms with van der Waals surface area (Å²) in [4.78, 5) is 17.0. The number of nitrogens with one attached hydrogen (secondary N) is 1. The summed E-state index contributed by atoms with van der Waals surface area (Å²) in [6.45, 7) is 8.37. The summed E-state index contributed by atoms with van der Waals surface area (Å²) in [5.41, 5.74) is -5.08. The monoisotopic (exact) mass is 622 g/mol. The third-order valence-corrected chi connectivity index (χ3v) is 9.06. The molecule has 2 aromatic carbocycles. The summed E-state index contributed by atoms with van der Waals surface area (Å²) in [6.07, 6.45) is 0.0164. The second-order valence-electron chi connectivity index (χ2n) is 8.82. The van der Waals surface area contributed by atoms with Crippen molar-refractivity contribution >= 4 is 45.1 Å². The molecule has 3 rings (SSSR count). The maximum Gasteiger partial charge on any atom is 0.475 e. The number of carbonyl (C=O) groups is 1. The van der Waals surface area contributed by atoms with Gasteiger partial charge in [0.1, 0.15) is 11.0 Å². The highest BCUT2D eigenvalue weighted by Crippen LogP contribution is 2.33. The Bertz CT molecular complexity index is 1120. The number of carbonyl (C=O) groups excluding carboxylic acids is 1. The zero-order valence-electron chi connectivity index (χ0n) is 22.8. The lowest BCUT2D eigenvalue weighted by Crippen LogP contribution is -2.43. The average molecular weight is 623 g/mol. The van der Waals surface area contributed by atoms with Gasteiger partial charge in [0, 0.05) is 36.2 Å². The first-order valence-corrected chi connectivity index (χ1v) is 16.1. The Morgan fingerprint density at radius 2 is 1.75 bits per heavy atom. The van der Waals surface area contributed by atoms with Gasteiger partial charge < -0.3 is 19.9 Å². The minimum Gasteiger partial charge on any atom is -0.380 e. The Labute approximate surface area is 243 Å². The Morgan fingerprint density at radius 3 is 2.27 bits per heavy atom. The number of hydrogen-bond acceptors (Lipinski definition) is 7. The van der Waals surface area contributed by atoms with E-state index >= 15 is 0 Å². The predicted octanol–water partition coefficient (Wildman–Crippen LogP) is 4.08. The number of hydrogen-bond donors (Lipinski definition) is 2. The van der Waals surface area contributed by atoms with E-state index < -0.39 is 38.2 Å². The molecule has 8 nitrogen and oxygen atoms in total. The lowest BCUT2D eigenvalue weighted by Gasteiger charge is -2.29. The van der Waals surface area contributed by atoms with E-state index in [0.717, 1.165) is 24.1 Å². The van der Waals surface area contributed by atoms with Crippen molar-refractivity contribution < 1.29 is 31.1 Å². The lowest BCUT2D eigenvalue weighted by molar-refractivity contribution is -0.135. The largest absolute Gasteiger partial charge is 0.475 e. The average Bonchev–Trinajstić information content (AvgIpc) is 2.96. The van der Waals surface area contributed by atoms with Crippen LogP contribution in [0.15, 0.2) is 63.2 Å². The molecule has 0 bridgehead atoms. The van der Waals surface area contributed by atoms with Crippen molar-refractivity contribution in [3.8, 4) is 0 Å². The fourth-order valence-electron chi connectivity index (χ4n) is 3.49. The number of halogens is 3. The molecule has 14 heteroatoms. The Hall–Kier alpha value is -1.97. The summed E-state index contributed by atoms with van der Waals surface area (Å²) in [5.74, 6) is 0.204. The molecule has 0 aromatic heterocycles. The van der Waals surface area contributed by atoms with E-state index in [2.05, 4.69) is 31.1 Å². The SMILES string of the molecule is CCN(C)CC.NS(=O)c1ccc(NC(CSc2ccccc2)CC(=O)N2CCOCC2)c(S(=O)C(F)(F)F)c1. The zero-order valence-corrected chi connectivity index (χ0v) is 25.3. The number of rotatable bonds is 11. The number of nitrogens with zero attached hydrogens (tertiary/aromatic N) is 2. The molecule has 0 aliphatic carbocycles. The maximum atomic E-state index is 13.3. The number of thioether (sulfide) groups is 1. The van der Waals surface area contributed by atoms with Crippen LogP contribution in [0.5, 0.6) is 0 Å². The molecule has 1 aliphatic rings. The summed E-state index contributed by atoms with van der Waals surface area (Å²) in [7, 11) is -3.32. The molecule has 1 aliphatic heterocycles. The third kappa shape index (κ3) is 11.5. The van der Waals surface area contributed by atoms with Crippen molar-refractivity contribution in [1.29, 1.82) is 0 Å². The molecule has 2 aromatic rings. The van der Waals surface area contributed by atoms with Crippen LogP contribution >= 0.6 is 11.8 Å². The number of ether oxygens (including phenoxy) is 1. The van der Waals surface area contributed by atoms with Gasteiger partial charge in [0.05, 0.1) is 28.7 Å². The first-order chi connectivity index (χ1) is 19.0. The lowest BCUT2D eigenvalue weighted by atomic mass is 10.2. The second kappa shape index (κ2) is 17.1. The minimum atomic E-state index is -5.02. The van der Waals surface area contributed by atoms with Crippen LogP contribution < -0.4 is 10.5 Å². The fourth-order valence-corrected chi connectivity index (χ4v) is 5.75. The molecule has 0 radical (unpaired) electrons. The van der Waals surface area contributed by atoms with Gasteiger partial charge in [0.2, 0.25) is 5.91 Å². The molecular formula is C26H37F3N4O4S3. The smallest absolute Gasteiger partial charge is 0.380 e. The van der Waals surface area contributed by atoms with Gasteiger partial charge in [-0.15, -0.1) is 11.8 Å². The van der Waals surface area contributed by atoms with Gasteiger partial charge in [0.25, 0.3) is 0 Å². The molecule has 40 heavy (non-hydrogen) atoms. The van der Waals surface area contributed by atoms with Gasteiger partial charge in [0.15, 0.2) is 10.8 Å². The number of alkyl halides is 3. The van der Waals surface area contributed by atoms with Crippen molar-refractivity contribution in [2.24, 2.45) is 5.14 Å². The molecule has 1 heterocycles. The van der Waals surface area contributed by atoms with Crippen LogP contribution in [0.25, 0.3) is 0 Å². The van der Waals surface area contributed by atoms with E-state index in [4.69, 9.17) is 9.88 Å². The molecule has 1 amide bonds.